The molecule has 1 atom stereocenters. The molecular weight excluding hydrogens is 655 g/mol. The van der Waals surface area contributed by atoms with Crippen LogP contribution in [0.4, 0.5) is 0 Å². The van der Waals surface area contributed by atoms with E-state index >= 15 is 0 Å². The Balaban J connectivity index is 1.12. The van der Waals surface area contributed by atoms with Gasteiger partial charge in [-0.15, -0.1) is 0 Å². The summed E-state index contributed by atoms with van der Waals surface area (Å²) in [5.41, 5.74) is 14.2. The average molecular weight is 692 g/mol. The number of aromatic nitrogens is 1. The van der Waals surface area contributed by atoms with Gasteiger partial charge in [-0.05, 0) is 92.0 Å². The first kappa shape index (κ1) is 30.9. The first-order chi connectivity index (χ1) is 26.5. The molecule has 0 spiro atoms. The number of fused-ring (bicyclic) bond motifs is 8. The Morgan fingerprint density at radius 3 is 2.06 bits per heavy atom. The minimum absolute atomic E-state index is 0.0956. The van der Waals surface area contributed by atoms with Crippen LogP contribution in [0.1, 0.15) is 47.8 Å². The Hall–Kier alpha value is -6.71. The van der Waals surface area contributed by atoms with Gasteiger partial charge >= 0.3 is 0 Å². The van der Waals surface area contributed by atoms with Crippen molar-refractivity contribution in [2.75, 3.05) is 0 Å². The lowest BCUT2D eigenvalue weighted by atomic mass is 9.81. The van der Waals surface area contributed by atoms with E-state index in [2.05, 4.69) is 200 Å². The zero-order valence-corrected chi connectivity index (χ0v) is 30.2. The number of hydrogen-bond donors (Lipinski definition) is 1. The number of aliphatic imine (C=N–C) groups is 1. The summed E-state index contributed by atoms with van der Waals surface area (Å²) < 4.78 is 2.46. The highest BCUT2D eigenvalue weighted by atomic mass is 15.1. The second-order valence-corrected chi connectivity index (χ2v) is 15.2. The van der Waals surface area contributed by atoms with Crippen LogP contribution in [-0.2, 0) is 5.41 Å². The fourth-order valence-corrected chi connectivity index (χ4v) is 9.07. The van der Waals surface area contributed by atoms with Gasteiger partial charge in [-0.3, -0.25) is 4.99 Å². The Kier molecular flexibility index (Phi) is 6.66. The fraction of sp³-hybridized carbons (Fsp3) is 0.0784. The van der Waals surface area contributed by atoms with Gasteiger partial charge in [-0.1, -0.05) is 147 Å². The van der Waals surface area contributed by atoms with Crippen molar-refractivity contribution in [3.05, 3.63) is 204 Å². The second kappa shape index (κ2) is 11.6. The van der Waals surface area contributed by atoms with E-state index in [1.54, 1.807) is 0 Å². The van der Waals surface area contributed by atoms with Gasteiger partial charge in [-0.2, -0.15) is 0 Å². The van der Waals surface area contributed by atoms with Crippen LogP contribution in [0.25, 0.3) is 65.9 Å². The summed E-state index contributed by atoms with van der Waals surface area (Å²) in [6.45, 7) is 4.68. The van der Waals surface area contributed by atoms with Gasteiger partial charge in [0.2, 0.25) is 0 Å². The van der Waals surface area contributed by atoms with Gasteiger partial charge in [0.1, 0.15) is 6.17 Å². The topological polar surface area (TPSA) is 29.3 Å². The number of para-hydroxylation sites is 1. The van der Waals surface area contributed by atoms with Crippen LogP contribution in [0.15, 0.2) is 181 Å². The molecule has 256 valence electrons. The lowest BCUT2D eigenvalue weighted by Crippen LogP contribution is -2.25. The van der Waals surface area contributed by atoms with E-state index in [1.807, 2.05) is 0 Å². The summed E-state index contributed by atoms with van der Waals surface area (Å²) >= 11 is 0. The molecule has 0 bridgehead atoms. The highest BCUT2D eigenvalue weighted by Crippen LogP contribution is 2.49. The summed E-state index contributed by atoms with van der Waals surface area (Å²) in [4.78, 5) is 5.54. The highest BCUT2D eigenvalue weighted by Gasteiger charge is 2.35. The minimum Gasteiger partial charge on any atom is -0.360 e. The first-order valence-electron chi connectivity index (χ1n) is 18.8. The lowest BCUT2D eigenvalue weighted by molar-refractivity contribution is 0.659. The normalized spacial score (nSPS) is 15.9. The van der Waals surface area contributed by atoms with E-state index in [0.717, 1.165) is 33.8 Å². The zero-order valence-electron chi connectivity index (χ0n) is 30.2. The van der Waals surface area contributed by atoms with Crippen molar-refractivity contribution in [2.24, 2.45) is 4.99 Å². The second-order valence-electron chi connectivity index (χ2n) is 15.2. The minimum atomic E-state index is -0.309. The van der Waals surface area contributed by atoms with Gasteiger partial charge in [0, 0.05) is 32.8 Å². The summed E-state index contributed by atoms with van der Waals surface area (Å²) in [6, 6.07) is 62.0. The fourth-order valence-electron chi connectivity index (χ4n) is 9.07. The summed E-state index contributed by atoms with van der Waals surface area (Å²) in [5, 5.41) is 11.2. The molecule has 11 rings (SSSR count). The zero-order chi connectivity index (χ0) is 36.0. The van der Waals surface area contributed by atoms with Crippen molar-refractivity contribution >= 4 is 54.8 Å². The molecule has 0 fully saturated rings. The maximum atomic E-state index is 5.54. The maximum Gasteiger partial charge on any atom is 0.145 e. The quantitative estimate of drug-likeness (QED) is 0.196. The smallest absolute Gasteiger partial charge is 0.145 e. The maximum absolute atomic E-state index is 5.54. The molecule has 1 N–H and O–H groups in total. The third-order valence-corrected chi connectivity index (χ3v) is 11.8. The molecule has 1 aliphatic carbocycles. The molecule has 2 heterocycles. The molecule has 2 aliphatic rings. The van der Waals surface area contributed by atoms with Crippen LogP contribution in [-0.4, -0.2) is 10.3 Å². The highest BCUT2D eigenvalue weighted by molar-refractivity contribution is 6.15. The largest absolute Gasteiger partial charge is 0.360 e. The third-order valence-electron chi connectivity index (χ3n) is 11.8. The molecule has 0 saturated heterocycles. The van der Waals surface area contributed by atoms with Crippen LogP contribution in [0.5, 0.6) is 0 Å². The van der Waals surface area contributed by atoms with Gasteiger partial charge in [0.05, 0.1) is 22.4 Å². The molecule has 0 amide bonds. The first-order valence-corrected chi connectivity index (χ1v) is 18.8. The number of benzene rings is 8. The van der Waals surface area contributed by atoms with Crippen molar-refractivity contribution in [2.45, 2.75) is 25.4 Å². The van der Waals surface area contributed by atoms with Gasteiger partial charge in [-0.25, -0.2) is 0 Å². The number of nitrogens with one attached hydrogen (secondary N) is 1. The molecule has 8 aromatic carbocycles. The summed E-state index contributed by atoms with van der Waals surface area (Å²) in [7, 11) is 0. The molecule has 9 aromatic rings. The van der Waals surface area contributed by atoms with Crippen molar-refractivity contribution in [1.82, 2.24) is 9.88 Å². The van der Waals surface area contributed by atoms with Crippen molar-refractivity contribution in [3.8, 4) is 16.8 Å². The van der Waals surface area contributed by atoms with Gasteiger partial charge in [0.25, 0.3) is 0 Å². The SMILES string of the molecule is CC1(C)c2ccccc2-c2ccc(C3=NC(c4cc(-n5c6ccccc6c6cc7ccccc7cc65)c5ccccc5c4)NC(c4ccccc4)=C3)cc21. The van der Waals surface area contributed by atoms with E-state index in [4.69, 9.17) is 4.99 Å². The van der Waals surface area contributed by atoms with E-state index in [9.17, 15) is 0 Å². The van der Waals surface area contributed by atoms with Crippen molar-refractivity contribution in [3.63, 3.8) is 0 Å². The number of hydrogen-bond acceptors (Lipinski definition) is 2. The van der Waals surface area contributed by atoms with Crippen LogP contribution in [0, 0.1) is 0 Å². The average Bonchev–Trinajstić information content (AvgIpc) is 3.67. The van der Waals surface area contributed by atoms with E-state index in [0.29, 0.717) is 0 Å². The van der Waals surface area contributed by atoms with Crippen LogP contribution in [0.2, 0.25) is 0 Å². The Bertz CT molecular complexity index is 3050. The van der Waals surface area contributed by atoms with E-state index < -0.39 is 0 Å². The monoisotopic (exact) mass is 691 g/mol. The molecule has 1 aromatic heterocycles. The van der Waals surface area contributed by atoms with Crippen molar-refractivity contribution < 1.29 is 0 Å². The van der Waals surface area contributed by atoms with Gasteiger partial charge < -0.3 is 9.88 Å². The number of nitrogens with zero attached hydrogens (tertiary/aromatic N) is 2. The van der Waals surface area contributed by atoms with Gasteiger partial charge in [0.15, 0.2) is 0 Å². The molecular formula is C51H37N3. The molecule has 54 heavy (non-hydrogen) atoms. The van der Waals surface area contributed by atoms with E-state index in [-0.39, 0.29) is 11.6 Å². The molecule has 0 saturated carbocycles. The van der Waals surface area contributed by atoms with Crippen molar-refractivity contribution in [1.29, 1.82) is 0 Å². The number of rotatable bonds is 4. The lowest BCUT2D eigenvalue weighted by Gasteiger charge is -2.27. The third kappa shape index (κ3) is 4.65. The molecule has 3 nitrogen and oxygen atoms in total. The predicted octanol–water partition coefficient (Wildman–Crippen LogP) is 12.5. The molecule has 3 heteroatoms. The number of allylic oxidation sites excluding steroid dienone is 1. The van der Waals surface area contributed by atoms with Crippen LogP contribution in [0.3, 0.4) is 0 Å². The van der Waals surface area contributed by atoms with Crippen LogP contribution >= 0.6 is 0 Å². The van der Waals surface area contributed by atoms with Crippen LogP contribution < -0.4 is 5.32 Å². The molecule has 1 unspecified atom stereocenters. The summed E-state index contributed by atoms with van der Waals surface area (Å²) in [5.74, 6) is 0. The van der Waals surface area contributed by atoms with E-state index in [1.165, 1.54) is 65.6 Å². The standard InChI is InChI=1S/C51H37N3/c1-51(2)43-22-12-10-20-39(43)40-25-24-36(28-44(40)51)46-31-45(32-14-4-3-5-15-32)52-50(53-46)37-26-35-18-8-9-19-38(35)48(30-37)54-47-23-13-11-21-41(47)42-27-33-16-6-7-17-34(33)29-49(42)54/h3-31,50,52H,1-2H3. The Morgan fingerprint density at radius 1 is 0.519 bits per heavy atom. The summed E-state index contributed by atoms with van der Waals surface area (Å²) in [6.07, 6.45) is 1.92. The molecule has 0 radical (unpaired) electrons. The Labute approximate surface area is 314 Å². The predicted molar refractivity (Wildman–Crippen MR) is 227 cm³/mol. The molecule has 1 aliphatic heterocycles. The Morgan fingerprint density at radius 2 is 1.20 bits per heavy atom.